The molecule has 0 amide bonds. The molecule has 106 valence electrons. The van der Waals surface area contributed by atoms with Gasteiger partial charge in [-0.1, -0.05) is 30.3 Å². The lowest BCUT2D eigenvalue weighted by molar-refractivity contribution is 0.414. The molecule has 2 aromatic rings. The molecule has 0 bridgehead atoms. The van der Waals surface area contributed by atoms with Crippen LogP contribution in [0.2, 0.25) is 0 Å². The lowest BCUT2D eigenvalue weighted by Gasteiger charge is -2.15. The Morgan fingerprint density at radius 2 is 1.75 bits per heavy atom. The standard InChI is InChI=1S/C16H19NO2S/c1-19-15-7-9-16(10-8-15)20(18)12-14(11-17)13-5-3-2-4-6-13/h2-10,14H,11-12,17H2,1H3. The summed E-state index contributed by atoms with van der Waals surface area (Å²) >= 11 is 0. The number of nitrogens with two attached hydrogens (primary N) is 1. The number of ether oxygens (including phenoxy) is 1. The Balaban J connectivity index is 2.09. The van der Waals surface area contributed by atoms with Gasteiger partial charge in [-0.15, -0.1) is 0 Å². The first-order valence-electron chi connectivity index (χ1n) is 6.52. The highest BCUT2D eigenvalue weighted by atomic mass is 32.2. The third-order valence-corrected chi connectivity index (χ3v) is 4.73. The Hall–Kier alpha value is -1.65. The molecule has 0 radical (unpaired) electrons. The third-order valence-electron chi connectivity index (χ3n) is 3.23. The average Bonchev–Trinajstić information content (AvgIpc) is 2.53. The Morgan fingerprint density at radius 3 is 2.30 bits per heavy atom. The first-order chi connectivity index (χ1) is 9.74. The summed E-state index contributed by atoms with van der Waals surface area (Å²) in [6, 6.07) is 17.3. The molecule has 0 aliphatic rings. The van der Waals surface area contributed by atoms with E-state index in [0.29, 0.717) is 12.3 Å². The van der Waals surface area contributed by atoms with Crippen molar-refractivity contribution in [3.05, 3.63) is 60.2 Å². The molecule has 2 atom stereocenters. The number of rotatable bonds is 6. The van der Waals surface area contributed by atoms with Crippen LogP contribution in [0.5, 0.6) is 5.75 Å². The highest BCUT2D eigenvalue weighted by molar-refractivity contribution is 7.85. The second-order valence-electron chi connectivity index (χ2n) is 4.53. The summed E-state index contributed by atoms with van der Waals surface area (Å²) in [5.74, 6) is 1.41. The fourth-order valence-electron chi connectivity index (χ4n) is 2.03. The molecule has 0 heterocycles. The number of hydrogen-bond acceptors (Lipinski definition) is 3. The molecule has 0 saturated heterocycles. The van der Waals surface area contributed by atoms with Crippen molar-refractivity contribution < 1.29 is 8.95 Å². The van der Waals surface area contributed by atoms with Gasteiger partial charge in [0.1, 0.15) is 5.75 Å². The van der Waals surface area contributed by atoms with Crippen LogP contribution >= 0.6 is 0 Å². The molecule has 2 N–H and O–H groups in total. The van der Waals surface area contributed by atoms with E-state index in [9.17, 15) is 4.21 Å². The highest BCUT2D eigenvalue weighted by Crippen LogP contribution is 2.20. The molecule has 0 fully saturated rings. The summed E-state index contributed by atoms with van der Waals surface area (Å²) in [7, 11) is 0.557. The van der Waals surface area contributed by atoms with Crippen molar-refractivity contribution in [3.8, 4) is 5.75 Å². The molecule has 2 aromatic carbocycles. The first-order valence-corrected chi connectivity index (χ1v) is 7.84. The van der Waals surface area contributed by atoms with Crippen LogP contribution < -0.4 is 10.5 Å². The van der Waals surface area contributed by atoms with Gasteiger partial charge in [0.15, 0.2) is 0 Å². The minimum atomic E-state index is -1.06. The highest BCUT2D eigenvalue weighted by Gasteiger charge is 2.14. The Labute approximate surface area is 122 Å². The van der Waals surface area contributed by atoms with Crippen molar-refractivity contribution in [2.45, 2.75) is 10.8 Å². The molecule has 2 unspecified atom stereocenters. The van der Waals surface area contributed by atoms with Crippen molar-refractivity contribution in [3.63, 3.8) is 0 Å². The van der Waals surface area contributed by atoms with Crippen LogP contribution in [0.25, 0.3) is 0 Å². The van der Waals surface area contributed by atoms with E-state index in [2.05, 4.69) is 0 Å². The van der Waals surface area contributed by atoms with Gasteiger partial charge in [0, 0.05) is 23.1 Å². The van der Waals surface area contributed by atoms with E-state index in [-0.39, 0.29) is 5.92 Å². The van der Waals surface area contributed by atoms with Gasteiger partial charge in [0.05, 0.1) is 17.9 Å². The van der Waals surface area contributed by atoms with Gasteiger partial charge in [-0.3, -0.25) is 4.21 Å². The predicted molar refractivity (Wildman–Crippen MR) is 82.5 cm³/mol. The number of hydrogen-bond donors (Lipinski definition) is 1. The van der Waals surface area contributed by atoms with Gasteiger partial charge < -0.3 is 10.5 Å². The van der Waals surface area contributed by atoms with Gasteiger partial charge in [0.25, 0.3) is 0 Å². The number of benzene rings is 2. The van der Waals surface area contributed by atoms with Crippen molar-refractivity contribution >= 4 is 10.8 Å². The van der Waals surface area contributed by atoms with Gasteiger partial charge >= 0.3 is 0 Å². The molecular weight excluding hydrogens is 270 g/mol. The fraction of sp³-hybridized carbons (Fsp3) is 0.250. The molecular formula is C16H19NO2S. The average molecular weight is 289 g/mol. The van der Waals surface area contributed by atoms with Gasteiger partial charge in [-0.2, -0.15) is 0 Å². The van der Waals surface area contributed by atoms with Crippen LogP contribution in [0.4, 0.5) is 0 Å². The topological polar surface area (TPSA) is 52.3 Å². The molecule has 0 spiro atoms. The van der Waals surface area contributed by atoms with Crippen molar-refractivity contribution in [2.24, 2.45) is 5.73 Å². The molecule has 3 nitrogen and oxygen atoms in total. The number of methoxy groups -OCH3 is 1. The molecule has 2 rings (SSSR count). The van der Waals surface area contributed by atoms with Gasteiger partial charge in [-0.05, 0) is 29.8 Å². The Bertz CT molecular complexity index is 554. The molecule has 20 heavy (non-hydrogen) atoms. The van der Waals surface area contributed by atoms with E-state index in [1.807, 2.05) is 54.6 Å². The summed E-state index contributed by atoms with van der Waals surface area (Å²) in [4.78, 5) is 0.806. The van der Waals surface area contributed by atoms with E-state index < -0.39 is 10.8 Å². The van der Waals surface area contributed by atoms with Gasteiger partial charge in [0.2, 0.25) is 0 Å². The summed E-state index contributed by atoms with van der Waals surface area (Å²) in [6.07, 6.45) is 0. The van der Waals surface area contributed by atoms with Crippen molar-refractivity contribution in [2.75, 3.05) is 19.4 Å². The van der Waals surface area contributed by atoms with E-state index >= 15 is 0 Å². The smallest absolute Gasteiger partial charge is 0.118 e. The molecule has 4 heteroatoms. The lowest BCUT2D eigenvalue weighted by atomic mass is 10.0. The normalized spacial score (nSPS) is 13.7. The van der Waals surface area contributed by atoms with E-state index in [1.165, 1.54) is 0 Å². The van der Waals surface area contributed by atoms with Crippen LogP contribution in [-0.4, -0.2) is 23.6 Å². The van der Waals surface area contributed by atoms with E-state index in [0.717, 1.165) is 16.2 Å². The van der Waals surface area contributed by atoms with E-state index in [1.54, 1.807) is 7.11 Å². The summed E-state index contributed by atoms with van der Waals surface area (Å²) in [5.41, 5.74) is 6.96. The van der Waals surface area contributed by atoms with Crippen LogP contribution in [-0.2, 0) is 10.8 Å². The Kier molecular flexibility index (Phi) is 5.32. The minimum absolute atomic E-state index is 0.110. The monoisotopic (exact) mass is 289 g/mol. The molecule has 0 saturated carbocycles. The van der Waals surface area contributed by atoms with Crippen LogP contribution in [0, 0.1) is 0 Å². The third kappa shape index (κ3) is 3.68. The maximum Gasteiger partial charge on any atom is 0.118 e. The maximum absolute atomic E-state index is 12.4. The quantitative estimate of drug-likeness (QED) is 0.889. The maximum atomic E-state index is 12.4. The summed E-state index contributed by atoms with van der Waals surface area (Å²) < 4.78 is 17.5. The fourth-order valence-corrected chi connectivity index (χ4v) is 3.36. The van der Waals surface area contributed by atoms with E-state index in [4.69, 9.17) is 10.5 Å². The van der Waals surface area contributed by atoms with Crippen LogP contribution in [0.1, 0.15) is 11.5 Å². The lowest BCUT2D eigenvalue weighted by Crippen LogP contribution is -2.19. The first kappa shape index (κ1) is 14.8. The molecule has 0 aliphatic carbocycles. The van der Waals surface area contributed by atoms with Crippen molar-refractivity contribution in [1.29, 1.82) is 0 Å². The van der Waals surface area contributed by atoms with Gasteiger partial charge in [-0.25, -0.2) is 0 Å². The second-order valence-corrected chi connectivity index (χ2v) is 6.03. The zero-order valence-electron chi connectivity index (χ0n) is 11.5. The Morgan fingerprint density at radius 1 is 1.10 bits per heavy atom. The molecule has 0 aromatic heterocycles. The molecule has 0 aliphatic heterocycles. The largest absolute Gasteiger partial charge is 0.497 e. The van der Waals surface area contributed by atoms with Crippen LogP contribution in [0.15, 0.2) is 59.5 Å². The minimum Gasteiger partial charge on any atom is -0.497 e. The summed E-state index contributed by atoms with van der Waals surface area (Å²) in [5, 5.41) is 0. The second kappa shape index (κ2) is 7.22. The SMILES string of the molecule is COc1ccc(S(=O)CC(CN)c2ccccc2)cc1. The zero-order valence-corrected chi connectivity index (χ0v) is 12.3. The zero-order chi connectivity index (χ0) is 14.4. The van der Waals surface area contributed by atoms with Crippen LogP contribution in [0.3, 0.4) is 0 Å². The predicted octanol–water partition coefficient (Wildman–Crippen LogP) is 2.55. The summed E-state index contributed by atoms with van der Waals surface area (Å²) in [6.45, 7) is 0.492. The van der Waals surface area contributed by atoms with Crippen molar-refractivity contribution in [1.82, 2.24) is 0 Å².